The van der Waals surface area contributed by atoms with Gasteiger partial charge in [0.25, 0.3) is 0 Å². The first-order valence-electron chi connectivity index (χ1n) is 6.80. The van der Waals surface area contributed by atoms with Crippen molar-refractivity contribution in [2.45, 2.75) is 6.61 Å². The Labute approximate surface area is 128 Å². The van der Waals surface area contributed by atoms with Crippen LogP contribution in [0.5, 0.6) is 5.75 Å². The Kier molecular flexibility index (Phi) is 8.16. The van der Waals surface area contributed by atoms with Crippen LogP contribution in [-0.2, 0) is 4.74 Å². The van der Waals surface area contributed by atoms with E-state index in [1.165, 1.54) is 12.1 Å². The molecule has 124 valence electrons. The monoisotopic (exact) mass is 317 g/mol. The number of carbonyl (C=O) groups is 1. The Hall–Kier alpha value is -1.93. The van der Waals surface area contributed by atoms with Crippen molar-refractivity contribution in [3.8, 4) is 5.75 Å². The summed E-state index contributed by atoms with van der Waals surface area (Å²) in [7, 11) is 3.88. The number of hydrogen-bond donors (Lipinski definition) is 2. The number of nitrogens with zero attached hydrogens (tertiary/aromatic N) is 1. The lowest BCUT2D eigenvalue weighted by molar-refractivity contribution is -0.0493. The van der Waals surface area contributed by atoms with Gasteiger partial charge in [-0.1, -0.05) is 12.1 Å². The molecule has 1 aromatic carbocycles. The van der Waals surface area contributed by atoms with Crippen molar-refractivity contribution in [3.05, 3.63) is 24.3 Å². The molecule has 6 nitrogen and oxygen atoms in total. The number of ether oxygens (including phenoxy) is 2. The number of carbonyl (C=O) groups excluding carboxylic acids is 1. The van der Waals surface area contributed by atoms with Crippen LogP contribution < -0.4 is 15.4 Å². The molecule has 0 aliphatic rings. The number of rotatable bonds is 9. The van der Waals surface area contributed by atoms with Crippen LogP contribution >= 0.6 is 0 Å². The fourth-order valence-electron chi connectivity index (χ4n) is 1.52. The largest absolute Gasteiger partial charge is 0.433 e. The van der Waals surface area contributed by atoms with Crippen molar-refractivity contribution in [1.29, 1.82) is 0 Å². The van der Waals surface area contributed by atoms with Crippen molar-refractivity contribution >= 4 is 11.7 Å². The second kappa shape index (κ2) is 9.91. The number of para-hydroxylation sites is 2. The minimum Gasteiger partial charge on any atom is -0.433 e. The summed E-state index contributed by atoms with van der Waals surface area (Å²) in [5, 5.41) is 5.02. The van der Waals surface area contributed by atoms with Gasteiger partial charge in [0, 0.05) is 13.1 Å². The zero-order chi connectivity index (χ0) is 16.4. The average Bonchev–Trinajstić information content (AvgIpc) is 2.44. The average molecular weight is 317 g/mol. The van der Waals surface area contributed by atoms with Gasteiger partial charge in [0.15, 0.2) is 0 Å². The highest BCUT2D eigenvalue weighted by molar-refractivity contribution is 5.90. The molecular weight excluding hydrogens is 296 g/mol. The fourth-order valence-corrected chi connectivity index (χ4v) is 1.52. The second-order valence-corrected chi connectivity index (χ2v) is 4.67. The van der Waals surface area contributed by atoms with Gasteiger partial charge in [0.05, 0.1) is 18.9 Å². The van der Waals surface area contributed by atoms with Crippen molar-refractivity contribution in [3.63, 3.8) is 0 Å². The predicted octanol–water partition coefficient (Wildman–Crippen LogP) is 1.99. The zero-order valence-electron chi connectivity index (χ0n) is 12.6. The fraction of sp³-hybridized carbons (Fsp3) is 0.500. The number of halogens is 2. The molecule has 1 rings (SSSR count). The van der Waals surface area contributed by atoms with E-state index in [0.717, 1.165) is 6.54 Å². The van der Waals surface area contributed by atoms with E-state index in [0.29, 0.717) is 19.8 Å². The van der Waals surface area contributed by atoms with Crippen molar-refractivity contribution in [1.82, 2.24) is 10.2 Å². The molecule has 0 aliphatic heterocycles. The number of amides is 2. The van der Waals surface area contributed by atoms with Crippen molar-refractivity contribution < 1.29 is 23.0 Å². The summed E-state index contributed by atoms with van der Waals surface area (Å²) in [6.45, 7) is -0.893. The first-order chi connectivity index (χ1) is 10.5. The van der Waals surface area contributed by atoms with Crippen LogP contribution in [0.3, 0.4) is 0 Å². The first-order valence-corrected chi connectivity index (χ1v) is 6.80. The molecule has 0 unspecified atom stereocenters. The van der Waals surface area contributed by atoms with Crippen LogP contribution in [0.15, 0.2) is 24.3 Å². The van der Waals surface area contributed by atoms with E-state index < -0.39 is 12.6 Å². The molecule has 0 saturated heterocycles. The van der Waals surface area contributed by atoms with Crippen LogP contribution in [0.4, 0.5) is 19.3 Å². The highest BCUT2D eigenvalue weighted by Gasteiger charge is 2.10. The van der Waals surface area contributed by atoms with Crippen LogP contribution in [0, 0.1) is 0 Å². The molecular formula is C14H21F2N3O3. The minimum absolute atomic E-state index is 0.0881. The van der Waals surface area contributed by atoms with Gasteiger partial charge in [0.2, 0.25) is 0 Å². The predicted molar refractivity (Wildman–Crippen MR) is 79.5 cm³/mol. The van der Waals surface area contributed by atoms with Gasteiger partial charge in [-0.25, -0.2) is 4.79 Å². The molecule has 0 aromatic heterocycles. The Morgan fingerprint density at radius 3 is 2.68 bits per heavy atom. The number of alkyl halides is 2. The van der Waals surface area contributed by atoms with Crippen molar-refractivity contribution in [2.75, 3.05) is 45.7 Å². The van der Waals surface area contributed by atoms with Gasteiger partial charge in [-0.15, -0.1) is 0 Å². The van der Waals surface area contributed by atoms with E-state index >= 15 is 0 Å². The maximum Gasteiger partial charge on any atom is 0.387 e. The lowest BCUT2D eigenvalue weighted by atomic mass is 10.3. The third-order valence-corrected chi connectivity index (χ3v) is 2.57. The summed E-state index contributed by atoms with van der Waals surface area (Å²) in [5.74, 6) is -0.0881. The number of hydrogen-bond acceptors (Lipinski definition) is 4. The van der Waals surface area contributed by atoms with Crippen LogP contribution in [0.25, 0.3) is 0 Å². The number of benzene rings is 1. The van der Waals surface area contributed by atoms with Gasteiger partial charge >= 0.3 is 12.6 Å². The molecule has 1 aromatic rings. The molecule has 0 atom stereocenters. The maximum absolute atomic E-state index is 12.2. The van der Waals surface area contributed by atoms with Gasteiger partial charge in [-0.3, -0.25) is 0 Å². The number of nitrogens with one attached hydrogen (secondary N) is 2. The highest BCUT2D eigenvalue weighted by atomic mass is 19.3. The summed E-state index contributed by atoms with van der Waals surface area (Å²) in [6.07, 6.45) is 0. The minimum atomic E-state index is -2.95. The molecule has 22 heavy (non-hydrogen) atoms. The lowest BCUT2D eigenvalue weighted by Gasteiger charge is -2.13. The van der Waals surface area contributed by atoms with Crippen molar-refractivity contribution in [2.24, 2.45) is 0 Å². The second-order valence-electron chi connectivity index (χ2n) is 4.67. The van der Waals surface area contributed by atoms with Crippen LogP contribution in [0.1, 0.15) is 0 Å². The molecule has 8 heteroatoms. The Balaban J connectivity index is 2.30. The summed E-state index contributed by atoms with van der Waals surface area (Å²) >= 11 is 0. The quantitative estimate of drug-likeness (QED) is 0.684. The van der Waals surface area contributed by atoms with E-state index in [1.54, 1.807) is 12.1 Å². The topological polar surface area (TPSA) is 62.8 Å². The molecule has 0 aliphatic carbocycles. The zero-order valence-corrected chi connectivity index (χ0v) is 12.6. The molecule has 0 spiro atoms. The molecule has 0 saturated carbocycles. The van der Waals surface area contributed by atoms with Gasteiger partial charge in [-0.05, 0) is 26.2 Å². The maximum atomic E-state index is 12.2. The highest BCUT2D eigenvalue weighted by Crippen LogP contribution is 2.25. The standard InChI is InChI=1S/C14H21F2N3O3/c1-19(2)8-10-21-9-7-17-14(20)18-11-5-3-4-6-12(11)22-13(15)16/h3-6,13H,7-10H2,1-2H3,(H2,17,18,20). The van der Waals surface area contributed by atoms with Crippen LogP contribution in [0.2, 0.25) is 0 Å². The number of likely N-dealkylation sites (N-methyl/N-ethyl adjacent to an activating group) is 1. The van der Waals surface area contributed by atoms with E-state index in [2.05, 4.69) is 15.4 Å². The summed E-state index contributed by atoms with van der Waals surface area (Å²) in [5.41, 5.74) is 0.175. The normalized spacial score (nSPS) is 10.8. The van der Waals surface area contributed by atoms with E-state index in [4.69, 9.17) is 4.74 Å². The molecule has 2 amide bonds. The smallest absolute Gasteiger partial charge is 0.387 e. The first kappa shape index (κ1) is 18.1. The number of urea groups is 1. The Morgan fingerprint density at radius 2 is 2.00 bits per heavy atom. The molecule has 0 radical (unpaired) electrons. The van der Waals surface area contributed by atoms with E-state index in [-0.39, 0.29) is 11.4 Å². The van der Waals surface area contributed by atoms with Crippen LogP contribution in [-0.4, -0.2) is 57.9 Å². The third kappa shape index (κ3) is 7.75. The molecule has 0 fully saturated rings. The Bertz CT molecular complexity index is 459. The van der Waals surface area contributed by atoms with Gasteiger partial charge < -0.3 is 25.0 Å². The summed E-state index contributed by atoms with van der Waals surface area (Å²) in [4.78, 5) is 13.6. The summed E-state index contributed by atoms with van der Waals surface area (Å²) < 4.78 is 34.1. The van der Waals surface area contributed by atoms with Gasteiger partial charge in [-0.2, -0.15) is 8.78 Å². The molecule has 0 bridgehead atoms. The Morgan fingerprint density at radius 1 is 1.27 bits per heavy atom. The van der Waals surface area contributed by atoms with E-state index in [1.807, 2.05) is 19.0 Å². The SMILES string of the molecule is CN(C)CCOCCNC(=O)Nc1ccccc1OC(F)F. The lowest BCUT2D eigenvalue weighted by Crippen LogP contribution is -2.32. The molecule has 0 heterocycles. The van der Waals surface area contributed by atoms with Gasteiger partial charge in [0.1, 0.15) is 5.75 Å². The summed E-state index contributed by atoms with van der Waals surface area (Å²) in [6, 6.07) is 5.47. The van der Waals surface area contributed by atoms with E-state index in [9.17, 15) is 13.6 Å². The molecule has 2 N–H and O–H groups in total. The number of anilines is 1. The third-order valence-electron chi connectivity index (χ3n) is 2.57.